The van der Waals surface area contributed by atoms with Crippen molar-refractivity contribution in [3.63, 3.8) is 0 Å². The van der Waals surface area contributed by atoms with Crippen molar-refractivity contribution in [3.05, 3.63) is 47.7 Å². The van der Waals surface area contributed by atoms with Gasteiger partial charge in [0.15, 0.2) is 0 Å². The second-order valence-corrected chi connectivity index (χ2v) is 9.28. The third-order valence-corrected chi connectivity index (χ3v) is 7.03. The van der Waals surface area contributed by atoms with Gasteiger partial charge in [-0.1, -0.05) is 31.2 Å². The molecule has 1 fully saturated rings. The molecule has 0 bridgehead atoms. The summed E-state index contributed by atoms with van der Waals surface area (Å²) in [4.78, 5) is 13.9. The van der Waals surface area contributed by atoms with Crippen molar-refractivity contribution >= 4 is 22.3 Å². The van der Waals surface area contributed by atoms with Crippen molar-refractivity contribution < 1.29 is 14.2 Å². The fraction of sp³-hybridized carbons (Fsp3) is 0.462. The zero-order chi connectivity index (χ0) is 23.8. The average molecular weight is 466 g/mol. The number of aromatic nitrogens is 2. The quantitative estimate of drug-likeness (QED) is 0.593. The summed E-state index contributed by atoms with van der Waals surface area (Å²) in [6.45, 7) is 6.42. The summed E-state index contributed by atoms with van der Waals surface area (Å²) >= 11 is 0. The highest BCUT2D eigenvalue weighted by Crippen LogP contribution is 2.36. The van der Waals surface area contributed by atoms with Crippen molar-refractivity contribution in [2.45, 2.75) is 51.5 Å². The van der Waals surface area contributed by atoms with Gasteiger partial charge < -0.3 is 25.0 Å². The van der Waals surface area contributed by atoms with E-state index in [2.05, 4.69) is 28.1 Å². The third-order valence-electron chi connectivity index (χ3n) is 7.03. The van der Waals surface area contributed by atoms with E-state index in [1.165, 1.54) is 0 Å². The van der Waals surface area contributed by atoms with Crippen LogP contribution in [-0.2, 0) is 13.0 Å². The number of phenolic OH excluding ortho intramolecular Hbond substituents is 1. The van der Waals surface area contributed by atoms with Gasteiger partial charge in [0.05, 0.1) is 25.4 Å². The number of phenols is 1. The molecule has 2 aliphatic rings. The molecular formula is C26H32FN5O2. The van der Waals surface area contributed by atoms with Crippen LogP contribution in [-0.4, -0.2) is 60.1 Å². The smallest absolute Gasteiger partial charge is 0.318 e. The van der Waals surface area contributed by atoms with Crippen LogP contribution < -0.4 is 19.9 Å². The number of halogens is 1. The lowest BCUT2D eigenvalue weighted by Gasteiger charge is -2.41. The number of anilines is 2. The first kappa shape index (κ1) is 22.7. The number of methoxy groups -OCH3 is 1. The highest BCUT2D eigenvalue weighted by molar-refractivity contribution is 5.95. The second kappa shape index (κ2) is 9.25. The van der Waals surface area contributed by atoms with Crippen LogP contribution in [0.1, 0.15) is 31.5 Å². The molecule has 3 heterocycles. The van der Waals surface area contributed by atoms with Gasteiger partial charge in [0.2, 0.25) is 0 Å². The van der Waals surface area contributed by atoms with Gasteiger partial charge in [-0.3, -0.25) is 0 Å². The number of ether oxygens (including phenoxy) is 1. The number of rotatable bonds is 5. The van der Waals surface area contributed by atoms with Crippen LogP contribution in [0.4, 0.5) is 15.9 Å². The first-order valence-electron chi connectivity index (χ1n) is 12.0. The molecule has 3 atom stereocenters. The molecule has 5 rings (SSSR count). The Morgan fingerprint density at radius 3 is 2.79 bits per heavy atom. The van der Waals surface area contributed by atoms with Crippen LogP contribution in [0.3, 0.4) is 0 Å². The monoisotopic (exact) mass is 465 g/mol. The molecule has 34 heavy (non-hydrogen) atoms. The number of hydrogen-bond donors (Lipinski definition) is 2. The number of nitrogens with zero attached hydrogens (tertiary/aromatic N) is 4. The Bertz CT molecular complexity index is 1190. The highest BCUT2D eigenvalue weighted by atomic mass is 19.1. The van der Waals surface area contributed by atoms with E-state index in [1.807, 2.05) is 24.3 Å². The first-order valence-corrected chi connectivity index (χ1v) is 12.0. The SMILES string of the molecule is CCC1CN(c2nc(OC)nc3c2CCN(c2cc(O)cc4ccccc24)C3)CC(C(C)F)N1. The Kier molecular flexibility index (Phi) is 6.16. The van der Waals surface area contributed by atoms with Gasteiger partial charge in [0.1, 0.15) is 17.7 Å². The van der Waals surface area contributed by atoms with Crippen LogP contribution in [0.2, 0.25) is 0 Å². The van der Waals surface area contributed by atoms with Crippen molar-refractivity contribution in [2.75, 3.05) is 36.5 Å². The Hall–Kier alpha value is -3.13. The third kappa shape index (κ3) is 4.22. The average Bonchev–Trinajstić information content (AvgIpc) is 2.86. The molecule has 0 spiro atoms. The number of alkyl halides is 1. The molecule has 8 heteroatoms. The summed E-state index contributed by atoms with van der Waals surface area (Å²) in [6.07, 6.45) is 0.725. The maximum Gasteiger partial charge on any atom is 0.318 e. The Labute approximate surface area is 199 Å². The van der Waals surface area contributed by atoms with Crippen LogP contribution in [0.25, 0.3) is 10.8 Å². The largest absolute Gasteiger partial charge is 0.508 e. The topological polar surface area (TPSA) is 73.8 Å². The molecule has 0 amide bonds. The Morgan fingerprint density at radius 1 is 1.21 bits per heavy atom. The van der Waals surface area contributed by atoms with Crippen LogP contribution in [0.5, 0.6) is 11.8 Å². The first-order chi connectivity index (χ1) is 16.5. The lowest BCUT2D eigenvalue weighted by molar-refractivity contribution is 0.229. The molecular weight excluding hydrogens is 433 g/mol. The van der Waals surface area contributed by atoms with Gasteiger partial charge in [0.25, 0.3) is 0 Å². The Balaban J connectivity index is 1.52. The van der Waals surface area contributed by atoms with Gasteiger partial charge in [-0.15, -0.1) is 0 Å². The fourth-order valence-corrected chi connectivity index (χ4v) is 5.17. The van der Waals surface area contributed by atoms with E-state index >= 15 is 0 Å². The molecule has 0 aliphatic carbocycles. The van der Waals surface area contributed by atoms with Crippen LogP contribution >= 0.6 is 0 Å². The van der Waals surface area contributed by atoms with E-state index in [0.29, 0.717) is 19.1 Å². The van der Waals surface area contributed by atoms with E-state index in [0.717, 1.165) is 59.5 Å². The van der Waals surface area contributed by atoms with Gasteiger partial charge in [-0.2, -0.15) is 9.97 Å². The number of piperazine rings is 1. The molecule has 2 N–H and O–H groups in total. The van der Waals surface area contributed by atoms with E-state index in [9.17, 15) is 9.50 Å². The van der Waals surface area contributed by atoms with Crippen molar-refractivity contribution in [1.82, 2.24) is 15.3 Å². The van der Waals surface area contributed by atoms with E-state index in [-0.39, 0.29) is 17.8 Å². The normalized spacial score (nSPS) is 21.4. The number of hydrogen-bond acceptors (Lipinski definition) is 7. The Morgan fingerprint density at radius 2 is 2.03 bits per heavy atom. The summed E-state index contributed by atoms with van der Waals surface area (Å²) in [7, 11) is 1.58. The van der Waals surface area contributed by atoms with Gasteiger partial charge >= 0.3 is 6.01 Å². The van der Waals surface area contributed by atoms with E-state index in [1.54, 1.807) is 20.1 Å². The molecule has 0 saturated carbocycles. The van der Waals surface area contributed by atoms with Gasteiger partial charge in [0, 0.05) is 48.4 Å². The van der Waals surface area contributed by atoms with Crippen molar-refractivity contribution in [2.24, 2.45) is 0 Å². The van der Waals surface area contributed by atoms with Crippen molar-refractivity contribution in [1.29, 1.82) is 0 Å². The van der Waals surface area contributed by atoms with E-state index in [4.69, 9.17) is 14.7 Å². The lowest BCUT2D eigenvalue weighted by Crippen LogP contribution is -2.59. The maximum atomic E-state index is 14.3. The zero-order valence-corrected chi connectivity index (χ0v) is 20.0. The predicted molar refractivity (Wildman–Crippen MR) is 133 cm³/mol. The standard InChI is InChI=1S/C26H32FN5O2/c1-4-18-13-32(14-22(28-18)16(2)27)25-21-9-10-31(15-23(21)29-26(30-25)34-3)24-12-19(33)11-17-7-5-6-8-20(17)24/h5-8,11-12,16,18,22,28,33H,4,9-10,13-15H2,1-3H3. The summed E-state index contributed by atoms with van der Waals surface area (Å²) in [5.41, 5.74) is 3.00. The number of fused-ring (bicyclic) bond motifs is 2. The zero-order valence-electron chi connectivity index (χ0n) is 20.0. The van der Waals surface area contributed by atoms with Gasteiger partial charge in [-0.25, -0.2) is 4.39 Å². The highest BCUT2D eigenvalue weighted by Gasteiger charge is 2.33. The minimum Gasteiger partial charge on any atom is -0.508 e. The molecule has 1 aromatic heterocycles. The molecule has 2 aromatic carbocycles. The lowest BCUT2D eigenvalue weighted by atomic mass is 10.00. The minimum absolute atomic E-state index is 0.201. The molecule has 3 aromatic rings. The summed E-state index contributed by atoms with van der Waals surface area (Å²) < 4.78 is 19.8. The summed E-state index contributed by atoms with van der Waals surface area (Å²) in [5.74, 6) is 1.10. The fourth-order valence-electron chi connectivity index (χ4n) is 5.17. The minimum atomic E-state index is -0.953. The second-order valence-electron chi connectivity index (χ2n) is 9.28. The number of nitrogens with one attached hydrogen (secondary N) is 1. The molecule has 7 nitrogen and oxygen atoms in total. The summed E-state index contributed by atoms with van der Waals surface area (Å²) in [6, 6.07) is 12.0. The maximum absolute atomic E-state index is 14.3. The van der Waals surface area contributed by atoms with Gasteiger partial charge in [-0.05, 0) is 31.2 Å². The molecule has 3 unspecified atom stereocenters. The van der Waals surface area contributed by atoms with Crippen LogP contribution in [0.15, 0.2) is 36.4 Å². The predicted octanol–water partition coefficient (Wildman–Crippen LogP) is 3.82. The molecule has 0 radical (unpaired) electrons. The molecule has 1 saturated heterocycles. The number of benzene rings is 2. The van der Waals surface area contributed by atoms with Crippen LogP contribution in [0, 0.1) is 0 Å². The van der Waals surface area contributed by atoms with E-state index < -0.39 is 6.17 Å². The molecule has 2 aliphatic heterocycles. The summed E-state index contributed by atoms with van der Waals surface area (Å²) in [5, 5.41) is 15.9. The van der Waals surface area contributed by atoms with Crippen molar-refractivity contribution in [3.8, 4) is 11.8 Å². The number of aromatic hydroxyl groups is 1. The molecule has 180 valence electrons.